The van der Waals surface area contributed by atoms with Gasteiger partial charge in [-0.05, 0) is 48.5 Å². The molecule has 0 aromatic heterocycles. The van der Waals surface area contributed by atoms with Crippen LogP contribution in [0.25, 0.3) is 0 Å². The Labute approximate surface area is 147 Å². The van der Waals surface area contributed by atoms with Crippen LogP contribution in [0.4, 0.5) is 5.69 Å². The first-order valence-electron chi connectivity index (χ1n) is 7.41. The molecule has 0 radical (unpaired) electrons. The Hall–Kier alpha value is -2.58. The first kappa shape index (κ1) is 18.8. The number of hydrogen-bond acceptors (Lipinski definition) is 5. The van der Waals surface area contributed by atoms with Crippen molar-refractivity contribution in [3.05, 3.63) is 48.5 Å². The summed E-state index contributed by atoms with van der Waals surface area (Å²) in [4.78, 5) is 12.2. The highest BCUT2D eigenvalue weighted by atomic mass is 32.2. The minimum Gasteiger partial charge on any atom is -0.497 e. The van der Waals surface area contributed by atoms with Crippen LogP contribution in [0.3, 0.4) is 0 Å². The van der Waals surface area contributed by atoms with E-state index in [9.17, 15) is 13.2 Å². The number of nitrogens with one attached hydrogen (secondary N) is 1. The summed E-state index contributed by atoms with van der Waals surface area (Å²) in [7, 11) is 0.637. The van der Waals surface area contributed by atoms with E-state index in [-0.39, 0.29) is 11.4 Å². The average Bonchev–Trinajstić information content (AvgIpc) is 2.62. The fraction of sp³-hybridized carbons (Fsp3) is 0.235. The van der Waals surface area contributed by atoms with Crippen LogP contribution in [-0.4, -0.2) is 46.4 Å². The van der Waals surface area contributed by atoms with E-state index >= 15 is 0 Å². The first-order valence-corrected chi connectivity index (χ1v) is 8.85. The van der Waals surface area contributed by atoms with Crippen molar-refractivity contribution in [2.75, 3.05) is 33.1 Å². The zero-order valence-electron chi connectivity index (χ0n) is 14.2. The molecular weight excluding hydrogens is 344 g/mol. The predicted octanol–water partition coefficient (Wildman–Crippen LogP) is 1.96. The highest BCUT2D eigenvalue weighted by Gasteiger charge is 2.23. The molecule has 0 spiro atoms. The number of carbonyl (C=O) groups is 1. The molecule has 0 aliphatic carbocycles. The molecule has 0 atom stereocenters. The van der Waals surface area contributed by atoms with E-state index in [1.54, 1.807) is 43.5 Å². The van der Waals surface area contributed by atoms with Gasteiger partial charge in [0.25, 0.3) is 0 Å². The molecule has 1 amide bonds. The quantitative estimate of drug-likeness (QED) is 0.812. The van der Waals surface area contributed by atoms with Gasteiger partial charge in [0, 0.05) is 12.7 Å². The normalized spacial score (nSPS) is 11.2. The second-order valence-corrected chi connectivity index (χ2v) is 7.26. The van der Waals surface area contributed by atoms with Crippen LogP contribution in [0.2, 0.25) is 0 Å². The van der Waals surface area contributed by atoms with Gasteiger partial charge in [0.15, 0.2) is 0 Å². The summed E-state index contributed by atoms with van der Waals surface area (Å²) in [5.41, 5.74) is 0.557. The van der Waals surface area contributed by atoms with E-state index in [4.69, 9.17) is 9.47 Å². The van der Waals surface area contributed by atoms with Gasteiger partial charge in [0.2, 0.25) is 15.9 Å². The molecule has 0 saturated carbocycles. The Balaban J connectivity index is 2.03. The van der Waals surface area contributed by atoms with Gasteiger partial charge in [-0.3, -0.25) is 4.79 Å². The molecule has 0 saturated heterocycles. The average molecular weight is 364 g/mol. The van der Waals surface area contributed by atoms with Crippen molar-refractivity contribution in [3.63, 3.8) is 0 Å². The second kappa shape index (κ2) is 8.00. The lowest BCUT2D eigenvalue weighted by Crippen LogP contribution is -2.34. The molecule has 0 bridgehead atoms. The Bertz CT molecular complexity index is 817. The lowest BCUT2D eigenvalue weighted by atomic mass is 10.3. The van der Waals surface area contributed by atoms with Gasteiger partial charge < -0.3 is 14.8 Å². The number of amides is 1. The predicted molar refractivity (Wildman–Crippen MR) is 94.4 cm³/mol. The SMILES string of the molecule is COc1ccc(NC(=O)CN(C)S(=O)(=O)c2ccc(OC)cc2)cc1. The molecule has 2 aromatic carbocycles. The lowest BCUT2D eigenvalue weighted by Gasteiger charge is -2.17. The van der Waals surface area contributed by atoms with Gasteiger partial charge in [-0.1, -0.05) is 0 Å². The zero-order valence-corrected chi connectivity index (χ0v) is 15.0. The Morgan fingerprint density at radius 2 is 1.44 bits per heavy atom. The molecule has 0 heterocycles. The van der Waals surface area contributed by atoms with Crippen LogP contribution in [0.15, 0.2) is 53.4 Å². The molecule has 0 aliphatic heterocycles. The van der Waals surface area contributed by atoms with Crippen molar-refractivity contribution < 1.29 is 22.7 Å². The van der Waals surface area contributed by atoms with Crippen LogP contribution in [0, 0.1) is 0 Å². The number of ether oxygens (including phenoxy) is 2. The van der Waals surface area contributed by atoms with E-state index in [2.05, 4.69) is 5.32 Å². The van der Waals surface area contributed by atoms with E-state index in [0.717, 1.165) is 4.31 Å². The highest BCUT2D eigenvalue weighted by molar-refractivity contribution is 7.89. The minimum atomic E-state index is -3.77. The summed E-state index contributed by atoms with van der Waals surface area (Å²) in [6.45, 7) is -0.305. The molecule has 1 N–H and O–H groups in total. The van der Waals surface area contributed by atoms with Gasteiger partial charge in [-0.2, -0.15) is 4.31 Å². The van der Waals surface area contributed by atoms with E-state index in [0.29, 0.717) is 17.2 Å². The first-order chi connectivity index (χ1) is 11.9. The van der Waals surface area contributed by atoms with Crippen LogP contribution in [-0.2, 0) is 14.8 Å². The lowest BCUT2D eigenvalue weighted by molar-refractivity contribution is -0.116. The maximum atomic E-state index is 12.5. The number of sulfonamides is 1. The van der Waals surface area contributed by atoms with Crippen LogP contribution in [0.5, 0.6) is 11.5 Å². The fourth-order valence-corrected chi connectivity index (χ4v) is 3.22. The van der Waals surface area contributed by atoms with Crippen LogP contribution < -0.4 is 14.8 Å². The van der Waals surface area contributed by atoms with Crippen molar-refractivity contribution in [2.45, 2.75) is 4.90 Å². The van der Waals surface area contributed by atoms with Gasteiger partial charge in [-0.25, -0.2) is 8.42 Å². The Morgan fingerprint density at radius 3 is 1.92 bits per heavy atom. The summed E-state index contributed by atoms with van der Waals surface area (Å²) in [6.07, 6.45) is 0. The number of carbonyl (C=O) groups excluding carboxylic acids is 1. The Kier molecular flexibility index (Phi) is 6.00. The van der Waals surface area contributed by atoms with Crippen molar-refractivity contribution in [1.29, 1.82) is 0 Å². The summed E-state index contributed by atoms with van der Waals surface area (Å²) >= 11 is 0. The second-order valence-electron chi connectivity index (χ2n) is 5.21. The smallest absolute Gasteiger partial charge is 0.243 e. The zero-order chi connectivity index (χ0) is 18.4. The third-order valence-corrected chi connectivity index (χ3v) is 5.33. The van der Waals surface area contributed by atoms with E-state index < -0.39 is 15.9 Å². The monoisotopic (exact) mass is 364 g/mol. The summed E-state index contributed by atoms with van der Waals surface area (Å²) in [5, 5.41) is 2.65. The fourth-order valence-electron chi connectivity index (χ4n) is 2.09. The van der Waals surface area contributed by atoms with Crippen LogP contribution >= 0.6 is 0 Å². The number of nitrogens with zero attached hydrogens (tertiary/aromatic N) is 1. The number of benzene rings is 2. The maximum Gasteiger partial charge on any atom is 0.243 e. The van der Waals surface area contributed by atoms with Gasteiger partial charge in [0.1, 0.15) is 11.5 Å². The number of hydrogen-bond donors (Lipinski definition) is 1. The van der Waals surface area contributed by atoms with Crippen molar-refractivity contribution in [1.82, 2.24) is 4.31 Å². The molecule has 25 heavy (non-hydrogen) atoms. The molecule has 0 fully saturated rings. The number of rotatable bonds is 7. The van der Waals surface area contributed by atoms with E-state index in [1.807, 2.05) is 0 Å². The largest absolute Gasteiger partial charge is 0.497 e. The van der Waals surface area contributed by atoms with E-state index in [1.165, 1.54) is 26.3 Å². The number of anilines is 1. The maximum absolute atomic E-state index is 12.5. The van der Waals surface area contributed by atoms with Gasteiger partial charge in [-0.15, -0.1) is 0 Å². The molecule has 8 heteroatoms. The van der Waals surface area contributed by atoms with Crippen molar-refractivity contribution >= 4 is 21.6 Å². The van der Waals surface area contributed by atoms with Gasteiger partial charge >= 0.3 is 0 Å². The molecule has 0 unspecified atom stereocenters. The summed E-state index contributed by atoms with van der Waals surface area (Å²) in [6, 6.07) is 12.7. The third kappa shape index (κ3) is 4.71. The van der Waals surface area contributed by atoms with Crippen LogP contribution in [0.1, 0.15) is 0 Å². The highest BCUT2D eigenvalue weighted by Crippen LogP contribution is 2.19. The minimum absolute atomic E-state index is 0.0908. The van der Waals surface area contributed by atoms with Gasteiger partial charge in [0.05, 0.1) is 25.7 Å². The Morgan fingerprint density at radius 1 is 0.960 bits per heavy atom. The number of methoxy groups -OCH3 is 2. The van der Waals surface area contributed by atoms with Crippen molar-refractivity contribution in [3.8, 4) is 11.5 Å². The summed E-state index contributed by atoms with van der Waals surface area (Å²) in [5.74, 6) is 0.779. The third-order valence-electron chi connectivity index (χ3n) is 3.51. The standard InChI is InChI=1S/C17H20N2O5S/c1-19(25(21,22)16-10-8-15(24-3)9-11-16)12-17(20)18-13-4-6-14(23-2)7-5-13/h4-11H,12H2,1-3H3,(H,18,20). The van der Waals surface area contributed by atoms with Crippen molar-refractivity contribution in [2.24, 2.45) is 0 Å². The molecule has 134 valence electrons. The molecule has 7 nitrogen and oxygen atoms in total. The molecule has 2 aromatic rings. The number of likely N-dealkylation sites (N-methyl/N-ethyl adjacent to an activating group) is 1. The topological polar surface area (TPSA) is 84.9 Å². The molecule has 2 rings (SSSR count). The molecule has 0 aliphatic rings. The summed E-state index contributed by atoms with van der Waals surface area (Å²) < 4.78 is 36.0. The molecular formula is C17H20N2O5S.